The van der Waals surface area contributed by atoms with Crippen molar-refractivity contribution in [2.24, 2.45) is 11.8 Å². The fourth-order valence-corrected chi connectivity index (χ4v) is 4.37. The number of hydrogen-bond donors (Lipinski definition) is 2. The van der Waals surface area contributed by atoms with Crippen LogP contribution in [0.5, 0.6) is 0 Å². The molecule has 0 spiro atoms. The molecule has 3 unspecified atom stereocenters. The van der Waals surface area contributed by atoms with Gasteiger partial charge in [-0.2, -0.15) is 0 Å². The van der Waals surface area contributed by atoms with E-state index in [1.165, 1.54) is 11.3 Å². The monoisotopic (exact) mass is 315 g/mol. The summed E-state index contributed by atoms with van der Waals surface area (Å²) in [6.45, 7) is 0. The first-order valence-corrected chi connectivity index (χ1v) is 7.68. The van der Waals surface area contributed by atoms with Gasteiger partial charge >= 0.3 is 6.16 Å². The third-order valence-electron chi connectivity index (χ3n) is 4.18. The normalized spacial score (nSPS) is 31.2. The van der Waals surface area contributed by atoms with Crippen molar-refractivity contribution in [2.75, 3.05) is 0 Å². The Morgan fingerprint density at radius 1 is 1.45 bits per heavy atom. The largest absolute Gasteiger partial charge is 0.507 e. The average molecular weight is 316 g/mol. The molecule has 2 saturated carbocycles. The fraction of sp³-hybridized carbons (Fsp3) is 0.538. The van der Waals surface area contributed by atoms with Crippen molar-refractivity contribution in [3.63, 3.8) is 0 Å². The molecule has 3 rings (SSSR count). The van der Waals surface area contributed by atoms with Gasteiger partial charge in [0.25, 0.3) is 5.91 Å². The van der Waals surface area contributed by atoms with Crippen molar-refractivity contribution in [3.05, 3.63) is 21.3 Å². The zero-order chi connectivity index (χ0) is 14.3. The Morgan fingerprint density at radius 3 is 2.75 bits per heavy atom. The lowest BCUT2D eigenvalue weighted by molar-refractivity contribution is -0.0697. The maximum absolute atomic E-state index is 12.2. The van der Waals surface area contributed by atoms with E-state index < -0.39 is 11.9 Å². The first-order valence-electron chi connectivity index (χ1n) is 6.48. The van der Waals surface area contributed by atoms with Crippen LogP contribution in [0.2, 0.25) is 4.34 Å². The quantitative estimate of drug-likeness (QED) is 0.662. The summed E-state index contributed by atoms with van der Waals surface area (Å²) in [6.07, 6.45) is 2.11. The van der Waals surface area contributed by atoms with Crippen molar-refractivity contribution in [1.29, 1.82) is 0 Å². The van der Waals surface area contributed by atoms with E-state index in [0.29, 0.717) is 21.6 Å². The van der Waals surface area contributed by atoms with E-state index >= 15 is 0 Å². The molecular weight excluding hydrogens is 302 g/mol. The first-order chi connectivity index (χ1) is 9.48. The molecule has 108 valence electrons. The maximum Gasteiger partial charge on any atom is 0.507 e. The molecule has 0 aliphatic heterocycles. The number of ether oxygens (including phenoxy) is 1. The van der Waals surface area contributed by atoms with Crippen LogP contribution in [0.25, 0.3) is 0 Å². The minimum atomic E-state index is -1.35. The van der Waals surface area contributed by atoms with Crippen LogP contribution in [0.15, 0.2) is 12.1 Å². The predicted molar refractivity (Wildman–Crippen MR) is 74.1 cm³/mol. The molecule has 2 aliphatic carbocycles. The van der Waals surface area contributed by atoms with Crippen molar-refractivity contribution in [1.82, 2.24) is 5.32 Å². The van der Waals surface area contributed by atoms with Gasteiger partial charge in [-0.1, -0.05) is 11.6 Å². The highest BCUT2D eigenvalue weighted by atomic mass is 35.5. The summed E-state index contributed by atoms with van der Waals surface area (Å²) in [5.74, 6) is 0.185. The molecule has 1 amide bonds. The van der Waals surface area contributed by atoms with Crippen LogP contribution in [0.4, 0.5) is 4.79 Å². The minimum absolute atomic E-state index is 0.0722. The first kappa shape index (κ1) is 13.7. The van der Waals surface area contributed by atoms with E-state index in [-0.39, 0.29) is 11.8 Å². The zero-order valence-corrected chi connectivity index (χ0v) is 12.2. The molecule has 2 fully saturated rings. The van der Waals surface area contributed by atoms with Crippen molar-refractivity contribution >= 4 is 35.0 Å². The number of nitrogens with one attached hydrogen (secondary N) is 1. The number of rotatable bonds is 3. The summed E-state index contributed by atoms with van der Waals surface area (Å²) in [7, 11) is 0. The third-order valence-corrected chi connectivity index (χ3v) is 5.41. The van der Waals surface area contributed by atoms with E-state index in [1.807, 2.05) is 0 Å². The number of carbonyl (C=O) groups is 2. The molecule has 1 aromatic heterocycles. The summed E-state index contributed by atoms with van der Waals surface area (Å²) in [5.41, 5.74) is -1.07. The van der Waals surface area contributed by atoms with Gasteiger partial charge in [0.15, 0.2) is 5.72 Å². The second-order valence-corrected chi connectivity index (χ2v) is 7.11. The van der Waals surface area contributed by atoms with E-state index in [4.69, 9.17) is 21.4 Å². The van der Waals surface area contributed by atoms with E-state index in [9.17, 15) is 9.59 Å². The van der Waals surface area contributed by atoms with Gasteiger partial charge in [0.05, 0.1) is 9.21 Å². The van der Waals surface area contributed by atoms with Gasteiger partial charge in [0.2, 0.25) is 0 Å². The molecule has 5 nitrogen and oxygen atoms in total. The number of thiophene rings is 1. The lowest BCUT2D eigenvalue weighted by Gasteiger charge is -2.36. The Kier molecular flexibility index (Phi) is 3.38. The fourth-order valence-electron chi connectivity index (χ4n) is 3.43. The van der Waals surface area contributed by atoms with Gasteiger partial charge in [0, 0.05) is 12.3 Å². The third kappa shape index (κ3) is 2.38. The van der Waals surface area contributed by atoms with Crippen LogP contribution in [0, 0.1) is 11.8 Å². The number of carboxylic acid groups (broad SMARTS) is 1. The van der Waals surface area contributed by atoms with Crippen molar-refractivity contribution < 1.29 is 19.4 Å². The van der Waals surface area contributed by atoms with E-state index in [1.54, 1.807) is 12.1 Å². The van der Waals surface area contributed by atoms with Crippen LogP contribution < -0.4 is 5.32 Å². The zero-order valence-electron chi connectivity index (χ0n) is 10.6. The van der Waals surface area contributed by atoms with Gasteiger partial charge in [-0.15, -0.1) is 11.3 Å². The summed E-state index contributed by atoms with van der Waals surface area (Å²) < 4.78 is 5.61. The highest BCUT2D eigenvalue weighted by Crippen LogP contribution is 2.51. The molecule has 0 saturated heterocycles. The molecule has 0 aromatic carbocycles. The predicted octanol–water partition coefficient (Wildman–Crippen LogP) is 3.34. The minimum Gasteiger partial charge on any atom is -0.450 e. The molecule has 1 aromatic rings. The lowest BCUT2D eigenvalue weighted by atomic mass is 9.91. The molecule has 0 radical (unpaired) electrons. The van der Waals surface area contributed by atoms with Crippen molar-refractivity contribution in [2.45, 2.75) is 31.4 Å². The molecule has 7 heteroatoms. The SMILES string of the molecule is O=C(O)OC1(NC(=O)c2ccc(Cl)s2)CC2CCC1C2. The second-order valence-electron chi connectivity index (χ2n) is 5.40. The van der Waals surface area contributed by atoms with Crippen molar-refractivity contribution in [3.8, 4) is 0 Å². The topological polar surface area (TPSA) is 75.6 Å². The Labute approximate surface area is 124 Å². The Bertz CT molecular complexity index is 560. The Balaban J connectivity index is 1.80. The Morgan fingerprint density at radius 2 is 2.25 bits per heavy atom. The number of fused-ring (bicyclic) bond motifs is 2. The van der Waals surface area contributed by atoms with Gasteiger partial charge in [0.1, 0.15) is 0 Å². The second kappa shape index (κ2) is 4.93. The van der Waals surface area contributed by atoms with Gasteiger partial charge in [-0.3, -0.25) is 4.79 Å². The molecule has 2 bridgehead atoms. The van der Waals surface area contributed by atoms with Crippen LogP contribution in [-0.2, 0) is 4.74 Å². The summed E-state index contributed by atoms with van der Waals surface area (Å²) in [4.78, 5) is 23.7. The number of hydrogen-bond acceptors (Lipinski definition) is 4. The summed E-state index contributed by atoms with van der Waals surface area (Å²) in [6, 6.07) is 3.27. The van der Waals surface area contributed by atoms with Crippen LogP contribution >= 0.6 is 22.9 Å². The van der Waals surface area contributed by atoms with Gasteiger partial charge < -0.3 is 15.2 Å². The summed E-state index contributed by atoms with van der Waals surface area (Å²) in [5, 5.41) is 11.8. The van der Waals surface area contributed by atoms with E-state index in [0.717, 1.165) is 19.3 Å². The van der Waals surface area contributed by atoms with Crippen LogP contribution in [-0.4, -0.2) is 22.9 Å². The molecule has 2 aliphatic rings. The molecule has 2 N–H and O–H groups in total. The maximum atomic E-state index is 12.2. The van der Waals surface area contributed by atoms with Crippen LogP contribution in [0.1, 0.15) is 35.4 Å². The standard InChI is InChI=1S/C13H14ClNO4S/c14-10-4-3-9(20-10)11(16)15-13(19-12(17)18)6-7-1-2-8(13)5-7/h3-4,7-8H,1-2,5-6H2,(H,15,16)(H,17,18). The Hall–Kier alpha value is -1.27. The molecular formula is C13H14ClNO4S. The van der Waals surface area contributed by atoms with Crippen LogP contribution in [0.3, 0.4) is 0 Å². The highest BCUT2D eigenvalue weighted by molar-refractivity contribution is 7.18. The summed E-state index contributed by atoms with van der Waals surface area (Å²) >= 11 is 6.98. The lowest BCUT2D eigenvalue weighted by Crippen LogP contribution is -2.55. The molecule has 1 heterocycles. The highest BCUT2D eigenvalue weighted by Gasteiger charge is 2.55. The average Bonchev–Trinajstić information content (AvgIpc) is 3.03. The van der Waals surface area contributed by atoms with Gasteiger partial charge in [-0.05, 0) is 37.3 Å². The number of carbonyl (C=O) groups excluding carboxylic acids is 1. The number of halogens is 1. The molecule has 3 atom stereocenters. The number of amides is 1. The van der Waals surface area contributed by atoms with Gasteiger partial charge in [-0.25, -0.2) is 4.79 Å². The molecule has 20 heavy (non-hydrogen) atoms. The smallest absolute Gasteiger partial charge is 0.450 e. The van der Waals surface area contributed by atoms with E-state index in [2.05, 4.69) is 5.32 Å².